The Hall–Kier alpha value is -1.65. The molecule has 19 heavy (non-hydrogen) atoms. The lowest BCUT2D eigenvalue weighted by atomic mass is 10.1. The second kappa shape index (κ2) is 7.71. The van der Waals surface area contributed by atoms with E-state index in [1.165, 1.54) is 11.1 Å². The van der Waals surface area contributed by atoms with Crippen LogP contribution in [0.5, 0.6) is 0 Å². The standard InChI is InChI=1S/C15H21N3O/c1-19-12-15-6-3-2-5-14(15)11-16-7-4-9-18-10-8-17-13-18/h2-3,5-6,8,10,13,16H,4,7,9,11-12H2,1H3. The maximum absolute atomic E-state index is 5.21. The maximum atomic E-state index is 5.21. The minimum Gasteiger partial charge on any atom is -0.380 e. The Balaban J connectivity index is 1.70. The van der Waals surface area contributed by atoms with Gasteiger partial charge in [-0.2, -0.15) is 0 Å². The van der Waals surface area contributed by atoms with Gasteiger partial charge in [-0.1, -0.05) is 24.3 Å². The summed E-state index contributed by atoms with van der Waals surface area (Å²) in [6.07, 6.45) is 6.76. The van der Waals surface area contributed by atoms with E-state index in [9.17, 15) is 0 Å². The molecule has 1 heterocycles. The number of methoxy groups -OCH3 is 1. The van der Waals surface area contributed by atoms with E-state index in [1.807, 2.05) is 18.7 Å². The van der Waals surface area contributed by atoms with Gasteiger partial charge in [0.15, 0.2) is 0 Å². The van der Waals surface area contributed by atoms with Gasteiger partial charge in [-0.25, -0.2) is 4.98 Å². The van der Waals surface area contributed by atoms with Crippen molar-refractivity contribution in [2.75, 3.05) is 13.7 Å². The van der Waals surface area contributed by atoms with Crippen molar-refractivity contribution in [2.45, 2.75) is 26.1 Å². The van der Waals surface area contributed by atoms with Gasteiger partial charge >= 0.3 is 0 Å². The zero-order valence-corrected chi connectivity index (χ0v) is 11.4. The molecule has 102 valence electrons. The molecule has 0 aliphatic heterocycles. The average Bonchev–Trinajstić information content (AvgIpc) is 2.94. The predicted octanol–water partition coefficient (Wildman–Crippen LogP) is 2.21. The number of hydrogen-bond acceptors (Lipinski definition) is 3. The molecule has 4 heteroatoms. The van der Waals surface area contributed by atoms with Crippen LogP contribution in [0.2, 0.25) is 0 Å². The fourth-order valence-electron chi connectivity index (χ4n) is 2.05. The highest BCUT2D eigenvalue weighted by Gasteiger charge is 2.00. The van der Waals surface area contributed by atoms with Crippen molar-refractivity contribution in [2.24, 2.45) is 0 Å². The van der Waals surface area contributed by atoms with Crippen molar-refractivity contribution in [3.63, 3.8) is 0 Å². The van der Waals surface area contributed by atoms with Crippen molar-refractivity contribution in [3.05, 3.63) is 54.1 Å². The van der Waals surface area contributed by atoms with Crippen LogP contribution in [-0.4, -0.2) is 23.2 Å². The number of imidazole rings is 1. The molecule has 0 fully saturated rings. The van der Waals surface area contributed by atoms with E-state index in [0.29, 0.717) is 6.61 Å². The summed E-state index contributed by atoms with van der Waals surface area (Å²) in [6.45, 7) is 3.57. The summed E-state index contributed by atoms with van der Waals surface area (Å²) in [5, 5.41) is 3.47. The SMILES string of the molecule is COCc1ccccc1CNCCCn1ccnc1. The van der Waals surface area contributed by atoms with Crippen LogP contribution in [0.25, 0.3) is 0 Å². The van der Waals surface area contributed by atoms with Crippen LogP contribution in [-0.2, 0) is 24.4 Å². The Morgan fingerprint density at radius 2 is 2.11 bits per heavy atom. The highest BCUT2D eigenvalue weighted by Crippen LogP contribution is 2.09. The number of nitrogens with one attached hydrogen (secondary N) is 1. The molecule has 0 saturated heterocycles. The van der Waals surface area contributed by atoms with Gasteiger partial charge in [-0.05, 0) is 24.1 Å². The van der Waals surface area contributed by atoms with E-state index >= 15 is 0 Å². The molecule has 1 aromatic carbocycles. The van der Waals surface area contributed by atoms with Crippen LogP contribution in [0.15, 0.2) is 43.0 Å². The first-order chi connectivity index (χ1) is 9.40. The predicted molar refractivity (Wildman–Crippen MR) is 75.7 cm³/mol. The highest BCUT2D eigenvalue weighted by atomic mass is 16.5. The molecule has 0 aliphatic carbocycles. The number of aromatic nitrogens is 2. The van der Waals surface area contributed by atoms with Crippen LogP contribution < -0.4 is 5.32 Å². The Morgan fingerprint density at radius 1 is 1.26 bits per heavy atom. The second-order valence-electron chi connectivity index (χ2n) is 4.53. The van der Waals surface area contributed by atoms with Gasteiger partial charge in [-0.3, -0.25) is 0 Å². The van der Waals surface area contributed by atoms with Crippen LogP contribution >= 0.6 is 0 Å². The van der Waals surface area contributed by atoms with Crippen LogP contribution in [0.4, 0.5) is 0 Å². The Morgan fingerprint density at radius 3 is 2.84 bits per heavy atom. The fourth-order valence-corrected chi connectivity index (χ4v) is 2.05. The number of rotatable bonds is 8. The van der Waals surface area contributed by atoms with Crippen LogP contribution in [0.3, 0.4) is 0 Å². The topological polar surface area (TPSA) is 39.1 Å². The lowest BCUT2D eigenvalue weighted by Gasteiger charge is -2.10. The van der Waals surface area contributed by atoms with Gasteiger partial charge in [0, 0.05) is 32.6 Å². The largest absolute Gasteiger partial charge is 0.380 e. The third-order valence-corrected chi connectivity index (χ3v) is 3.06. The molecule has 0 bridgehead atoms. The number of aryl methyl sites for hydroxylation is 1. The van der Waals surface area contributed by atoms with Crippen LogP contribution in [0, 0.1) is 0 Å². The van der Waals surface area contributed by atoms with E-state index in [2.05, 4.69) is 39.1 Å². The molecule has 1 aromatic heterocycles. The summed E-state index contributed by atoms with van der Waals surface area (Å²) in [7, 11) is 1.73. The van der Waals surface area contributed by atoms with Crippen molar-refractivity contribution >= 4 is 0 Å². The molecule has 1 N–H and O–H groups in total. The molecule has 2 aromatic rings. The van der Waals surface area contributed by atoms with E-state index in [4.69, 9.17) is 4.74 Å². The molecule has 0 spiro atoms. The molecule has 0 radical (unpaired) electrons. The van der Waals surface area contributed by atoms with Gasteiger partial charge in [0.25, 0.3) is 0 Å². The lowest BCUT2D eigenvalue weighted by Crippen LogP contribution is -2.17. The molecule has 2 rings (SSSR count). The molecule has 0 aliphatic rings. The van der Waals surface area contributed by atoms with E-state index in [1.54, 1.807) is 7.11 Å². The van der Waals surface area contributed by atoms with E-state index in [0.717, 1.165) is 26.1 Å². The molecule has 0 unspecified atom stereocenters. The van der Waals surface area contributed by atoms with Gasteiger partial charge in [0.2, 0.25) is 0 Å². The van der Waals surface area contributed by atoms with Crippen molar-refractivity contribution in [3.8, 4) is 0 Å². The summed E-state index contributed by atoms with van der Waals surface area (Å²) in [6, 6.07) is 8.39. The minimum atomic E-state index is 0.674. The number of nitrogens with zero attached hydrogens (tertiary/aromatic N) is 2. The quantitative estimate of drug-likeness (QED) is 0.739. The Bertz CT molecular complexity index is 468. The summed E-state index contributed by atoms with van der Waals surface area (Å²) >= 11 is 0. The van der Waals surface area contributed by atoms with Gasteiger partial charge in [0.05, 0.1) is 12.9 Å². The normalized spacial score (nSPS) is 10.8. The Labute approximate surface area is 114 Å². The molecular formula is C15H21N3O. The van der Waals surface area contributed by atoms with Crippen molar-refractivity contribution in [1.82, 2.24) is 14.9 Å². The average molecular weight is 259 g/mol. The highest BCUT2D eigenvalue weighted by molar-refractivity contribution is 5.26. The monoisotopic (exact) mass is 259 g/mol. The number of benzene rings is 1. The molecule has 0 atom stereocenters. The summed E-state index contributed by atoms with van der Waals surface area (Å²) in [5.74, 6) is 0. The molecule has 0 saturated carbocycles. The van der Waals surface area contributed by atoms with Gasteiger partial charge in [0.1, 0.15) is 0 Å². The fraction of sp³-hybridized carbons (Fsp3) is 0.400. The number of hydrogen-bond donors (Lipinski definition) is 1. The second-order valence-corrected chi connectivity index (χ2v) is 4.53. The first-order valence-electron chi connectivity index (χ1n) is 6.62. The van der Waals surface area contributed by atoms with Gasteiger partial charge in [-0.15, -0.1) is 0 Å². The molecule has 4 nitrogen and oxygen atoms in total. The summed E-state index contributed by atoms with van der Waals surface area (Å²) in [4.78, 5) is 4.03. The third-order valence-electron chi connectivity index (χ3n) is 3.06. The number of ether oxygens (including phenoxy) is 1. The smallest absolute Gasteiger partial charge is 0.0945 e. The zero-order chi connectivity index (χ0) is 13.3. The molecular weight excluding hydrogens is 238 g/mol. The van der Waals surface area contributed by atoms with Crippen molar-refractivity contribution < 1.29 is 4.74 Å². The lowest BCUT2D eigenvalue weighted by molar-refractivity contribution is 0.184. The van der Waals surface area contributed by atoms with E-state index in [-0.39, 0.29) is 0 Å². The first-order valence-corrected chi connectivity index (χ1v) is 6.62. The summed E-state index contributed by atoms with van der Waals surface area (Å²) in [5.41, 5.74) is 2.57. The van der Waals surface area contributed by atoms with Crippen molar-refractivity contribution in [1.29, 1.82) is 0 Å². The maximum Gasteiger partial charge on any atom is 0.0945 e. The third kappa shape index (κ3) is 4.50. The van der Waals surface area contributed by atoms with Gasteiger partial charge < -0.3 is 14.6 Å². The summed E-state index contributed by atoms with van der Waals surface area (Å²) < 4.78 is 7.30. The molecule has 0 amide bonds. The first kappa shape index (κ1) is 13.8. The minimum absolute atomic E-state index is 0.674. The zero-order valence-electron chi connectivity index (χ0n) is 11.4. The van der Waals surface area contributed by atoms with Crippen LogP contribution in [0.1, 0.15) is 17.5 Å². The Kier molecular flexibility index (Phi) is 5.59. The van der Waals surface area contributed by atoms with E-state index < -0.39 is 0 Å².